The molecule has 8 nitrogen and oxygen atoms in total. The number of morpholine rings is 1. The summed E-state index contributed by atoms with van der Waals surface area (Å²) in [5.41, 5.74) is -0.866. The van der Waals surface area contributed by atoms with Crippen LogP contribution in [-0.2, 0) is 31.7 Å². The van der Waals surface area contributed by atoms with Gasteiger partial charge in [0.2, 0.25) is 0 Å². The lowest BCUT2D eigenvalue weighted by atomic mass is 9.84. The fourth-order valence-corrected chi connectivity index (χ4v) is 4.35. The molecule has 11 heteroatoms. The molecule has 0 aromatic heterocycles. The van der Waals surface area contributed by atoms with Crippen molar-refractivity contribution in [3.8, 4) is 0 Å². The number of benzene rings is 1. The third-order valence-electron chi connectivity index (χ3n) is 6.59. The molecule has 0 aliphatic carbocycles. The highest BCUT2D eigenvalue weighted by atomic mass is 19.4. The zero-order chi connectivity index (χ0) is 27.2. The van der Waals surface area contributed by atoms with Crippen LogP contribution in [0.15, 0.2) is 35.5 Å². The number of rotatable bonds is 3. The highest BCUT2D eigenvalue weighted by Crippen LogP contribution is 2.32. The van der Waals surface area contributed by atoms with E-state index in [1.807, 2.05) is 13.8 Å². The van der Waals surface area contributed by atoms with E-state index in [0.717, 1.165) is 18.2 Å². The normalized spacial score (nSPS) is 23.6. The second kappa shape index (κ2) is 12.1. The molecule has 1 amide bonds. The third-order valence-corrected chi connectivity index (χ3v) is 6.59. The summed E-state index contributed by atoms with van der Waals surface area (Å²) in [6, 6.07) is 2.85. The van der Waals surface area contributed by atoms with Crippen LogP contribution in [0.4, 0.5) is 13.2 Å². The molecular formula is C26H34F3N3O5. The second-order valence-corrected chi connectivity index (χ2v) is 9.92. The maximum Gasteiger partial charge on any atom is 0.416 e. The number of carbonyl (C=O) groups excluding carboxylic acids is 2. The highest BCUT2D eigenvalue weighted by molar-refractivity contribution is 5.97. The van der Waals surface area contributed by atoms with Crippen molar-refractivity contribution in [1.82, 2.24) is 10.2 Å². The van der Waals surface area contributed by atoms with Crippen LogP contribution in [0.1, 0.15) is 48.2 Å². The van der Waals surface area contributed by atoms with Crippen LogP contribution in [0.5, 0.6) is 0 Å². The first-order valence-corrected chi connectivity index (χ1v) is 12.2. The standard InChI is InChI=1S/C26H34F3N3O5/c1-17-13-18-14-19(26(27,28)29)5-7-21(18)23(33)30-16-25(2,3)22(31-35-4)8-6-20(37-24(17)34)15-32-9-11-36-12-10-32/h5,7,14,20H,1,6,8-13,15-16H2,2-4H3,(H,30,33)/b31-22+. The summed E-state index contributed by atoms with van der Waals surface area (Å²) in [6.45, 7) is 10.7. The molecule has 1 aromatic carbocycles. The van der Waals surface area contributed by atoms with Crippen LogP contribution >= 0.6 is 0 Å². The van der Waals surface area contributed by atoms with Gasteiger partial charge in [-0.05, 0) is 36.6 Å². The molecule has 2 aliphatic rings. The summed E-state index contributed by atoms with van der Waals surface area (Å²) in [6.07, 6.45) is -4.50. The van der Waals surface area contributed by atoms with Gasteiger partial charge in [-0.1, -0.05) is 25.6 Å². The van der Waals surface area contributed by atoms with Crippen LogP contribution in [0.25, 0.3) is 0 Å². The summed E-state index contributed by atoms with van der Waals surface area (Å²) in [5, 5.41) is 6.99. The molecule has 204 valence electrons. The van der Waals surface area contributed by atoms with Gasteiger partial charge >= 0.3 is 12.1 Å². The van der Waals surface area contributed by atoms with Gasteiger partial charge in [0.25, 0.3) is 5.91 Å². The predicted molar refractivity (Wildman–Crippen MR) is 131 cm³/mol. The SMILES string of the molecule is C=C1Cc2cc(C(F)(F)F)ccc2C(=O)NCC(C)(C)/C(=N/OC)CCC(CN2CCOCC2)OC1=O. The fourth-order valence-electron chi connectivity index (χ4n) is 4.35. The van der Waals surface area contributed by atoms with Crippen molar-refractivity contribution in [2.75, 3.05) is 46.5 Å². The molecule has 1 aromatic rings. The number of nitrogens with zero attached hydrogens (tertiary/aromatic N) is 2. The monoisotopic (exact) mass is 525 g/mol. The van der Waals surface area contributed by atoms with E-state index in [1.165, 1.54) is 7.11 Å². The number of fused-ring (bicyclic) bond motifs is 1. The molecule has 1 unspecified atom stereocenters. The van der Waals surface area contributed by atoms with Crippen molar-refractivity contribution in [3.63, 3.8) is 0 Å². The Morgan fingerprint density at radius 2 is 1.95 bits per heavy atom. The molecule has 0 saturated carbocycles. The van der Waals surface area contributed by atoms with Crippen molar-refractivity contribution in [2.45, 2.75) is 45.4 Å². The Kier molecular flexibility index (Phi) is 9.36. The van der Waals surface area contributed by atoms with E-state index in [-0.39, 0.29) is 29.7 Å². The Morgan fingerprint density at radius 1 is 1.24 bits per heavy atom. The molecule has 1 N–H and O–H groups in total. The van der Waals surface area contributed by atoms with Crippen LogP contribution in [0.2, 0.25) is 0 Å². The number of halogens is 3. The van der Waals surface area contributed by atoms with Gasteiger partial charge in [-0.25, -0.2) is 4.79 Å². The molecule has 1 fully saturated rings. The number of hydrogen-bond donors (Lipinski definition) is 1. The Morgan fingerprint density at radius 3 is 2.59 bits per heavy atom. The number of amides is 1. The van der Waals surface area contributed by atoms with Gasteiger partial charge in [0.05, 0.1) is 24.5 Å². The van der Waals surface area contributed by atoms with Crippen molar-refractivity contribution >= 4 is 17.6 Å². The third kappa shape index (κ3) is 7.78. The Labute approximate surface area is 214 Å². The van der Waals surface area contributed by atoms with E-state index in [9.17, 15) is 22.8 Å². The Balaban J connectivity index is 1.97. The minimum absolute atomic E-state index is 0.0323. The molecular weight excluding hydrogens is 491 g/mol. The zero-order valence-corrected chi connectivity index (χ0v) is 21.5. The molecule has 0 bridgehead atoms. The van der Waals surface area contributed by atoms with E-state index in [0.29, 0.717) is 51.4 Å². The van der Waals surface area contributed by atoms with Crippen LogP contribution < -0.4 is 5.32 Å². The zero-order valence-electron chi connectivity index (χ0n) is 21.5. The van der Waals surface area contributed by atoms with Crippen LogP contribution in [-0.4, -0.2) is 75.1 Å². The number of nitrogens with one attached hydrogen (secondary N) is 1. The molecule has 2 heterocycles. The molecule has 1 atom stereocenters. The van der Waals surface area contributed by atoms with Gasteiger partial charge in [-0.2, -0.15) is 13.2 Å². The van der Waals surface area contributed by atoms with Crippen molar-refractivity contribution < 1.29 is 37.1 Å². The molecule has 37 heavy (non-hydrogen) atoms. The smallest absolute Gasteiger partial charge is 0.416 e. The maximum atomic E-state index is 13.4. The van der Waals surface area contributed by atoms with Gasteiger partial charge in [-0.15, -0.1) is 0 Å². The maximum absolute atomic E-state index is 13.4. The topological polar surface area (TPSA) is 89.5 Å². The summed E-state index contributed by atoms with van der Waals surface area (Å²) < 4.78 is 51.4. The van der Waals surface area contributed by atoms with Gasteiger partial charge in [0.1, 0.15) is 13.2 Å². The lowest BCUT2D eigenvalue weighted by molar-refractivity contribution is -0.146. The lowest BCUT2D eigenvalue weighted by Crippen LogP contribution is -2.43. The molecule has 3 rings (SSSR count). The molecule has 0 radical (unpaired) electrons. The first kappa shape index (κ1) is 28.6. The summed E-state index contributed by atoms with van der Waals surface area (Å²) in [4.78, 5) is 33.2. The number of cyclic esters (lactones) is 1. The average molecular weight is 526 g/mol. The summed E-state index contributed by atoms with van der Waals surface area (Å²) >= 11 is 0. The number of esters is 1. The fraction of sp³-hybridized carbons (Fsp3) is 0.577. The number of alkyl halides is 3. The van der Waals surface area contributed by atoms with Crippen molar-refractivity contribution in [3.05, 3.63) is 47.0 Å². The predicted octanol–water partition coefficient (Wildman–Crippen LogP) is 3.60. The Hall–Kier alpha value is -2.92. The first-order chi connectivity index (χ1) is 17.4. The number of carbonyl (C=O) groups is 2. The largest absolute Gasteiger partial charge is 0.458 e. The van der Waals surface area contributed by atoms with E-state index < -0.39 is 35.1 Å². The van der Waals surface area contributed by atoms with Crippen molar-refractivity contribution in [1.29, 1.82) is 0 Å². The van der Waals surface area contributed by atoms with E-state index in [2.05, 4.69) is 22.0 Å². The second-order valence-electron chi connectivity index (χ2n) is 9.92. The number of hydrogen-bond acceptors (Lipinski definition) is 7. The van der Waals surface area contributed by atoms with E-state index in [4.69, 9.17) is 14.3 Å². The number of ether oxygens (including phenoxy) is 2. The van der Waals surface area contributed by atoms with E-state index in [1.54, 1.807) is 0 Å². The first-order valence-electron chi connectivity index (χ1n) is 12.2. The highest BCUT2D eigenvalue weighted by Gasteiger charge is 2.33. The molecule has 0 spiro atoms. The van der Waals surface area contributed by atoms with Gasteiger partial charge in [0.15, 0.2) is 0 Å². The average Bonchev–Trinajstić information content (AvgIpc) is 2.84. The van der Waals surface area contributed by atoms with Gasteiger partial charge in [-0.3, -0.25) is 9.69 Å². The minimum atomic E-state index is -4.61. The van der Waals surface area contributed by atoms with Crippen LogP contribution in [0.3, 0.4) is 0 Å². The molecule has 2 aliphatic heterocycles. The van der Waals surface area contributed by atoms with Crippen molar-refractivity contribution in [2.24, 2.45) is 10.6 Å². The lowest BCUT2D eigenvalue weighted by Gasteiger charge is -2.32. The van der Waals surface area contributed by atoms with E-state index >= 15 is 0 Å². The van der Waals surface area contributed by atoms with Gasteiger partial charge < -0.3 is 19.6 Å². The minimum Gasteiger partial charge on any atom is -0.458 e. The quantitative estimate of drug-likeness (QED) is 0.369. The number of oxime groups is 1. The Bertz CT molecular complexity index is 1030. The van der Waals surface area contributed by atoms with Crippen LogP contribution in [0, 0.1) is 5.41 Å². The molecule has 1 saturated heterocycles. The summed E-state index contributed by atoms with van der Waals surface area (Å²) in [7, 11) is 1.43. The summed E-state index contributed by atoms with van der Waals surface area (Å²) in [5.74, 6) is -1.28. The van der Waals surface area contributed by atoms with Gasteiger partial charge in [0, 0.05) is 49.2 Å².